The summed E-state index contributed by atoms with van der Waals surface area (Å²) < 4.78 is 13.7. The highest BCUT2D eigenvalue weighted by Gasteiger charge is 2.33. The molecule has 2 unspecified atom stereocenters. The van der Waals surface area contributed by atoms with E-state index in [9.17, 15) is 4.39 Å². The predicted octanol–water partition coefficient (Wildman–Crippen LogP) is 5.08. The van der Waals surface area contributed by atoms with Gasteiger partial charge < -0.3 is 0 Å². The van der Waals surface area contributed by atoms with Crippen LogP contribution in [0.15, 0.2) is 22.7 Å². The summed E-state index contributed by atoms with van der Waals surface area (Å²) in [6.07, 6.45) is 4.74. The van der Waals surface area contributed by atoms with Crippen LogP contribution in [-0.4, -0.2) is 4.83 Å². The van der Waals surface area contributed by atoms with Crippen LogP contribution in [0.4, 0.5) is 4.39 Å². The van der Waals surface area contributed by atoms with Crippen LogP contribution in [0.3, 0.4) is 0 Å². The third kappa shape index (κ3) is 2.86. The molecule has 0 radical (unpaired) electrons. The SMILES string of the molecule is CC1(Cc2ccc(F)c(Br)c2)CCC(Br)C1. The van der Waals surface area contributed by atoms with Gasteiger partial charge in [0.2, 0.25) is 0 Å². The Morgan fingerprint density at radius 3 is 2.81 bits per heavy atom. The molecule has 0 aromatic heterocycles. The van der Waals surface area contributed by atoms with Crippen molar-refractivity contribution in [2.75, 3.05) is 0 Å². The minimum absolute atomic E-state index is 0.182. The molecule has 1 aromatic rings. The van der Waals surface area contributed by atoms with Crippen molar-refractivity contribution in [3.05, 3.63) is 34.1 Å². The highest BCUT2D eigenvalue weighted by molar-refractivity contribution is 9.10. The van der Waals surface area contributed by atoms with Gasteiger partial charge in [-0.3, -0.25) is 0 Å². The molecule has 3 heteroatoms. The number of hydrogen-bond acceptors (Lipinski definition) is 0. The topological polar surface area (TPSA) is 0 Å². The first-order chi connectivity index (χ1) is 7.48. The molecule has 0 nitrogen and oxygen atoms in total. The van der Waals surface area contributed by atoms with Crippen LogP contribution < -0.4 is 0 Å². The largest absolute Gasteiger partial charge is 0.206 e. The van der Waals surface area contributed by atoms with E-state index in [0.29, 0.717) is 14.7 Å². The predicted molar refractivity (Wildman–Crippen MR) is 72.5 cm³/mol. The van der Waals surface area contributed by atoms with Gasteiger partial charge in [0.1, 0.15) is 5.82 Å². The van der Waals surface area contributed by atoms with Crippen LogP contribution in [-0.2, 0) is 6.42 Å². The zero-order valence-corrected chi connectivity index (χ0v) is 12.4. The van der Waals surface area contributed by atoms with Crippen LogP contribution in [0, 0.1) is 11.2 Å². The van der Waals surface area contributed by atoms with Gasteiger partial charge in [-0.2, -0.15) is 0 Å². The molecule has 1 aliphatic rings. The molecule has 0 aliphatic heterocycles. The molecule has 0 saturated heterocycles. The summed E-state index contributed by atoms with van der Waals surface area (Å²) in [6, 6.07) is 5.35. The Labute approximate surface area is 113 Å². The smallest absolute Gasteiger partial charge is 0.137 e. The zero-order valence-electron chi connectivity index (χ0n) is 9.27. The summed E-state index contributed by atoms with van der Waals surface area (Å²) in [7, 11) is 0. The lowest BCUT2D eigenvalue weighted by atomic mass is 9.82. The molecular weight excluding hydrogens is 335 g/mol. The average molecular weight is 350 g/mol. The van der Waals surface area contributed by atoms with Crippen molar-refractivity contribution in [2.24, 2.45) is 5.41 Å². The first-order valence-electron chi connectivity index (χ1n) is 5.56. The van der Waals surface area contributed by atoms with E-state index in [2.05, 4.69) is 38.8 Å². The molecule has 0 amide bonds. The normalized spacial score (nSPS) is 29.6. The summed E-state index contributed by atoms with van der Waals surface area (Å²) in [4.78, 5) is 0.654. The molecular formula is C13H15Br2F. The second-order valence-corrected chi connectivity index (χ2v) is 7.23. The number of hydrogen-bond donors (Lipinski definition) is 0. The molecule has 0 spiro atoms. The molecule has 2 atom stereocenters. The standard InChI is InChI=1S/C13H15Br2F/c1-13(5-4-10(14)8-13)7-9-2-3-12(16)11(15)6-9/h2-3,6,10H,4-5,7-8H2,1H3. The van der Waals surface area contributed by atoms with Gasteiger partial charge in [-0.25, -0.2) is 4.39 Å². The molecule has 0 N–H and O–H groups in total. The van der Waals surface area contributed by atoms with Gasteiger partial charge in [0.15, 0.2) is 0 Å². The molecule has 1 aliphatic carbocycles. The third-order valence-electron chi connectivity index (χ3n) is 3.39. The molecule has 0 heterocycles. The zero-order chi connectivity index (χ0) is 11.8. The van der Waals surface area contributed by atoms with Crippen molar-refractivity contribution in [3.8, 4) is 0 Å². The molecule has 1 saturated carbocycles. The monoisotopic (exact) mass is 348 g/mol. The molecule has 1 fully saturated rings. The van der Waals surface area contributed by atoms with Gasteiger partial charge in [0.25, 0.3) is 0 Å². The Kier molecular flexibility index (Phi) is 3.75. The van der Waals surface area contributed by atoms with E-state index >= 15 is 0 Å². The minimum Gasteiger partial charge on any atom is -0.206 e. The first kappa shape index (κ1) is 12.6. The fourth-order valence-corrected chi connectivity index (χ4v) is 3.98. The van der Waals surface area contributed by atoms with Crippen molar-refractivity contribution in [2.45, 2.75) is 37.4 Å². The van der Waals surface area contributed by atoms with Crippen LogP contribution in [0.5, 0.6) is 0 Å². The van der Waals surface area contributed by atoms with Gasteiger partial charge in [0.05, 0.1) is 4.47 Å². The van der Waals surface area contributed by atoms with Crippen LogP contribution in [0.25, 0.3) is 0 Å². The maximum atomic E-state index is 13.1. The summed E-state index contributed by atoms with van der Waals surface area (Å²) in [6.45, 7) is 2.32. The Hall–Kier alpha value is 0.110. The van der Waals surface area contributed by atoms with Gasteiger partial charge in [-0.15, -0.1) is 0 Å². The van der Waals surface area contributed by atoms with Gasteiger partial charge in [-0.05, 0) is 64.7 Å². The van der Waals surface area contributed by atoms with Crippen molar-refractivity contribution >= 4 is 31.9 Å². The van der Waals surface area contributed by atoms with Crippen LogP contribution in [0.1, 0.15) is 31.7 Å². The second-order valence-electron chi connectivity index (χ2n) is 5.08. The van der Waals surface area contributed by atoms with Gasteiger partial charge in [0, 0.05) is 4.83 Å². The highest BCUT2D eigenvalue weighted by atomic mass is 79.9. The van der Waals surface area contributed by atoms with E-state index < -0.39 is 0 Å². The van der Waals surface area contributed by atoms with E-state index in [0.717, 1.165) is 6.42 Å². The molecule has 1 aromatic carbocycles. The Morgan fingerprint density at radius 1 is 1.50 bits per heavy atom. The minimum atomic E-state index is -0.182. The number of rotatable bonds is 2. The van der Waals surface area contributed by atoms with E-state index in [1.807, 2.05) is 12.1 Å². The van der Waals surface area contributed by atoms with Crippen molar-refractivity contribution < 1.29 is 4.39 Å². The number of benzene rings is 1. The molecule has 88 valence electrons. The Bertz CT molecular complexity index is 392. The Balaban J connectivity index is 2.12. The van der Waals surface area contributed by atoms with Crippen LogP contribution in [0.2, 0.25) is 0 Å². The van der Waals surface area contributed by atoms with Crippen molar-refractivity contribution in [1.82, 2.24) is 0 Å². The average Bonchev–Trinajstić information content (AvgIpc) is 2.52. The van der Waals surface area contributed by atoms with E-state index in [1.54, 1.807) is 6.07 Å². The fraction of sp³-hybridized carbons (Fsp3) is 0.538. The lowest BCUT2D eigenvalue weighted by Gasteiger charge is -2.23. The third-order valence-corrected chi connectivity index (χ3v) is 4.78. The maximum Gasteiger partial charge on any atom is 0.137 e. The van der Waals surface area contributed by atoms with Crippen molar-refractivity contribution in [3.63, 3.8) is 0 Å². The van der Waals surface area contributed by atoms with Gasteiger partial charge in [-0.1, -0.05) is 28.9 Å². The summed E-state index contributed by atoms with van der Waals surface area (Å²) >= 11 is 6.92. The summed E-state index contributed by atoms with van der Waals surface area (Å²) in [5.41, 5.74) is 1.59. The Morgan fingerprint density at radius 2 is 2.25 bits per heavy atom. The van der Waals surface area contributed by atoms with Crippen LogP contribution >= 0.6 is 31.9 Å². The quantitative estimate of drug-likeness (QED) is 0.653. The van der Waals surface area contributed by atoms with E-state index in [-0.39, 0.29) is 5.82 Å². The molecule has 16 heavy (non-hydrogen) atoms. The van der Waals surface area contributed by atoms with E-state index in [4.69, 9.17) is 0 Å². The lowest BCUT2D eigenvalue weighted by Crippen LogP contribution is -2.15. The molecule has 2 rings (SSSR count). The van der Waals surface area contributed by atoms with Gasteiger partial charge >= 0.3 is 0 Å². The highest BCUT2D eigenvalue weighted by Crippen LogP contribution is 2.43. The first-order valence-corrected chi connectivity index (χ1v) is 7.27. The fourth-order valence-electron chi connectivity index (χ4n) is 2.55. The maximum absolute atomic E-state index is 13.1. The summed E-state index contributed by atoms with van der Waals surface area (Å²) in [5, 5.41) is 0. The number of alkyl halides is 1. The lowest BCUT2D eigenvalue weighted by molar-refractivity contribution is 0.335. The van der Waals surface area contributed by atoms with Crippen molar-refractivity contribution in [1.29, 1.82) is 0 Å². The second kappa shape index (κ2) is 4.77. The summed E-state index contributed by atoms with van der Waals surface area (Å²) in [5.74, 6) is -0.182. The van der Waals surface area contributed by atoms with E-state index in [1.165, 1.54) is 24.8 Å². The molecule has 0 bridgehead atoms. The number of halogens is 3.